The SMILES string of the molecule is COc1ccc(Cn2ccc(NC(=O)N3CCCC3(C)C)n2)cc1. The Morgan fingerprint density at radius 2 is 2.04 bits per heavy atom. The van der Waals surface area contributed by atoms with Gasteiger partial charge in [0.2, 0.25) is 0 Å². The number of rotatable bonds is 4. The number of hydrogen-bond acceptors (Lipinski definition) is 3. The van der Waals surface area contributed by atoms with E-state index in [4.69, 9.17) is 4.74 Å². The third-order valence-electron chi connectivity index (χ3n) is 4.53. The van der Waals surface area contributed by atoms with Crippen molar-refractivity contribution >= 4 is 11.8 Å². The molecule has 1 fully saturated rings. The summed E-state index contributed by atoms with van der Waals surface area (Å²) in [4.78, 5) is 14.3. The average molecular weight is 328 g/mol. The van der Waals surface area contributed by atoms with Gasteiger partial charge in [-0.25, -0.2) is 4.79 Å². The first-order valence-corrected chi connectivity index (χ1v) is 8.23. The van der Waals surface area contributed by atoms with Crippen LogP contribution in [0.5, 0.6) is 5.75 Å². The first-order valence-electron chi connectivity index (χ1n) is 8.23. The third-order valence-corrected chi connectivity index (χ3v) is 4.53. The fourth-order valence-corrected chi connectivity index (χ4v) is 3.10. The quantitative estimate of drug-likeness (QED) is 0.936. The van der Waals surface area contributed by atoms with Crippen molar-refractivity contribution in [2.24, 2.45) is 0 Å². The van der Waals surface area contributed by atoms with E-state index in [0.29, 0.717) is 12.4 Å². The molecule has 3 rings (SSSR count). The molecule has 0 atom stereocenters. The molecule has 1 aliphatic heterocycles. The molecule has 0 saturated carbocycles. The molecule has 1 aromatic carbocycles. The fraction of sp³-hybridized carbons (Fsp3) is 0.444. The van der Waals surface area contributed by atoms with Gasteiger partial charge in [0.15, 0.2) is 5.82 Å². The van der Waals surface area contributed by atoms with Gasteiger partial charge < -0.3 is 9.64 Å². The number of ether oxygens (including phenoxy) is 1. The standard InChI is InChI=1S/C18H24N4O2/c1-18(2)10-4-11-22(18)17(23)19-16-9-12-21(20-16)13-14-5-7-15(24-3)8-6-14/h5-9,12H,4,10-11,13H2,1-3H3,(H,19,20,23). The number of carbonyl (C=O) groups is 1. The minimum atomic E-state index is -0.0876. The highest BCUT2D eigenvalue weighted by Crippen LogP contribution is 2.28. The van der Waals surface area contributed by atoms with Gasteiger partial charge >= 0.3 is 6.03 Å². The van der Waals surface area contributed by atoms with Gasteiger partial charge in [0.25, 0.3) is 0 Å². The number of nitrogens with one attached hydrogen (secondary N) is 1. The molecule has 1 aromatic heterocycles. The summed E-state index contributed by atoms with van der Waals surface area (Å²) < 4.78 is 6.97. The molecule has 1 aliphatic rings. The van der Waals surface area contributed by atoms with Gasteiger partial charge in [0.05, 0.1) is 13.7 Å². The van der Waals surface area contributed by atoms with E-state index in [9.17, 15) is 4.79 Å². The van der Waals surface area contributed by atoms with Crippen LogP contribution in [-0.2, 0) is 6.54 Å². The first-order chi connectivity index (χ1) is 11.5. The number of carbonyl (C=O) groups excluding carboxylic acids is 1. The Bertz CT molecular complexity index is 706. The minimum Gasteiger partial charge on any atom is -0.497 e. The van der Waals surface area contributed by atoms with Gasteiger partial charge in [-0.2, -0.15) is 5.10 Å². The molecule has 2 heterocycles. The van der Waals surface area contributed by atoms with Crippen LogP contribution in [-0.4, -0.2) is 39.9 Å². The molecule has 0 spiro atoms. The normalized spacial score (nSPS) is 16.2. The summed E-state index contributed by atoms with van der Waals surface area (Å²) in [6.45, 7) is 5.64. The lowest BCUT2D eigenvalue weighted by molar-refractivity contribution is 0.178. The lowest BCUT2D eigenvalue weighted by Gasteiger charge is -2.31. The van der Waals surface area contributed by atoms with E-state index in [2.05, 4.69) is 24.3 Å². The number of benzene rings is 1. The summed E-state index contributed by atoms with van der Waals surface area (Å²) in [6, 6.07) is 9.61. The number of likely N-dealkylation sites (tertiary alicyclic amines) is 1. The smallest absolute Gasteiger partial charge is 0.323 e. The highest BCUT2D eigenvalue weighted by atomic mass is 16.5. The van der Waals surface area contributed by atoms with Gasteiger partial charge in [-0.3, -0.25) is 10.00 Å². The fourth-order valence-electron chi connectivity index (χ4n) is 3.10. The molecule has 128 valence electrons. The van der Waals surface area contributed by atoms with Gasteiger partial charge in [0, 0.05) is 24.3 Å². The van der Waals surface area contributed by atoms with Crippen LogP contribution < -0.4 is 10.1 Å². The number of hydrogen-bond donors (Lipinski definition) is 1. The summed E-state index contributed by atoms with van der Waals surface area (Å²) in [5.74, 6) is 1.41. The topological polar surface area (TPSA) is 59.4 Å². The number of aromatic nitrogens is 2. The zero-order valence-corrected chi connectivity index (χ0v) is 14.5. The molecule has 0 unspecified atom stereocenters. The van der Waals surface area contributed by atoms with E-state index in [0.717, 1.165) is 30.7 Å². The summed E-state index contributed by atoms with van der Waals surface area (Å²) in [5, 5.41) is 7.33. The van der Waals surface area contributed by atoms with Crippen molar-refractivity contribution in [2.75, 3.05) is 19.0 Å². The van der Waals surface area contributed by atoms with Crippen LogP contribution in [0.2, 0.25) is 0 Å². The van der Waals surface area contributed by atoms with Crippen molar-refractivity contribution in [1.82, 2.24) is 14.7 Å². The number of methoxy groups -OCH3 is 1. The van der Waals surface area contributed by atoms with Crippen LogP contribution in [0.25, 0.3) is 0 Å². The molecule has 0 aliphatic carbocycles. The number of urea groups is 1. The number of anilines is 1. The maximum absolute atomic E-state index is 12.4. The van der Waals surface area contributed by atoms with Gasteiger partial charge in [-0.1, -0.05) is 12.1 Å². The Morgan fingerprint density at radius 3 is 2.67 bits per heavy atom. The second-order valence-corrected chi connectivity index (χ2v) is 6.74. The van der Waals surface area contributed by atoms with Crippen LogP contribution >= 0.6 is 0 Å². The monoisotopic (exact) mass is 328 g/mol. The zero-order chi connectivity index (χ0) is 17.2. The summed E-state index contributed by atoms with van der Waals surface area (Å²) in [5.41, 5.74) is 1.04. The largest absolute Gasteiger partial charge is 0.497 e. The third kappa shape index (κ3) is 3.53. The second-order valence-electron chi connectivity index (χ2n) is 6.74. The molecule has 2 amide bonds. The molecule has 0 bridgehead atoms. The Morgan fingerprint density at radius 1 is 1.29 bits per heavy atom. The Hall–Kier alpha value is -2.50. The summed E-state index contributed by atoms with van der Waals surface area (Å²) >= 11 is 0. The average Bonchev–Trinajstić information content (AvgIpc) is 3.13. The summed E-state index contributed by atoms with van der Waals surface area (Å²) in [7, 11) is 1.65. The lowest BCUT2D eigenvalue weighted by atomic mass is 10.0. The van der Waals surface area contributed by atoms with Crippen LogP contribution in [0.3, 0.4) is 0 Å². The van der Waals surface area contributed by atoms with Crippen LogP contribution in [0.4, 0.5) is 10.6 Å². The minimum absolute atomic E-state index is 0.0767. The zero-order valence-electron chi connectivity index (χ0n) is 14.5. The molecular formula is C18H24N4O2. The van der Waals surface area contributed by atoms with E-state index in [-0.39, 0.29) is 11.6 Å². The predicted octanol–water partition coefficient (Wildman–Crippen LogP) is 3.35. The van der Waals surface area contributed by atoms with E-state index < -0.39 is 0 Å². The highest BCUT2D eigenvalue weighted by Gasteiger charge is 2.35. The molecule has 6 heteroatoms. The highest BCUT2D eigenvalue weighted by molar-refractivity contribution is 5.89. The van der Waals surface area contributed by atoms with Crippen molar-refractivity contribution in [2.45, 2.75) is 38.8 Å². The molecule has 1 saturated heterocycles. The lowest BCUT2D eigenvalue weighted by Crippen LogP contribution is -2.45. The van der Waals surface area contributed by atoms with Crippen molar-refractivity contribution in [1.29, 1.82) is 0 Å². The van der Waals surface area contributed by atoms with E-state index in [1.807, 2.05) is 46.1 Å². The molecule has 1 N–H and O–H groups in total. The molecule has 6 nitrogen and oxygen atoms in total. The number of nitrogens with zero attached hydrogens (tertiary/aromatic N) is 3. The second kappa shape index (κ2) is 6.55. The van der Waals surface area contributed by atoms with E-state index in [1.165, 1.54) is 0 Å². The Kier molecular flexibility index (Phi) is 4.46. The molecular weight excluding hydrogens is 304 g/mol. The Labute approximate surface area is 142 Å². The molecule has 0 radical (unpaired) electrons. The van der Waals surface area contributed by atoms with Crippen LogP contribution in [0, 0.1) is 0 Å². The van der Waals surface area contributed by atoms with E-state index in [1.54, 1.807) is 7.11 Å². The number of amides is 2. The molecule has 2 aromatic rings. The van der Waals surface area contributed by atoms with Gasteiger partial charge in [-0.15, -0.1) is 0 Å². The van der Waals surface area contributed by atoms with Crippen LogP contribution in [0.1, 0.15) is 32.3 Å². The molecule has 24 heavy (non-hydrogen) atoms. The Balaban J connectivity index is 1.61. The first kappa shape index (κ1) is 16.4. The predicted molar refractivity (Wildman–Crippen MR) is 93.4 cm³/mol. The maximum atomic E-state index is 12.4. The van der Waals surface area contributed by atoms with Gasteiger partial charge in [-0.05, 0) is 44.4 Å². The van der Waals surface area contributed by atoms with Crippen LogP contribution in [0.15, 0.2) is 36.5 Å². The van der Waals surface area contributed by atoms with Crippen molar-refractivity contribution in [3.05, 3.63) is 42.1 Å². The van der Waals surface area contributed by atoms with Crippen molar-refractivity contribution in [3.8, 4) is 5.75 Å². The van der Waals surface area contributed by atoms with Crippen molar-refractivity contribution in [3.63, 3.8) is 0 Å². The van der Waals surface area contributed by atoms with E-state index >= 15 is 0 Å². The summed E-state index contributed by atoms with van der Waals surface area (Å²) in [6.07, 6.45) is 3.95. The maximum Gasteiger partial charge on any atom is 0.323 e. The van der Waals surface area contributed by atoms with Crippen molar-refractivity contribution < 1.29 is 9.53 Å². The van der Waals surface area contributed by atoms with Gasteiger partial charge in [0.1, 0.15) is 5.75 Å².